The topological polar surface area (TPSA) is 3.24 Å². The summed E-state index contributed by atoms with van der Waals surface area (Å²) in [6.07, 6.45) is -3.51. The lowest BCUT2D eigenvalue weighted by Crippen LogP contribution is -2.36. The Morgan fingerprint density at radius 2 is 2.06 bits per heavy atom. The summed E-state index contributed by atoms with van der Waals surface area (Å²) < 4.78 is 36.6. The predicted octanol–water partition coefficient (Wildman–Crippen LogP) is 3.39. The van der Waals surface area contributed by atoms with E-state index in [1.165, 1.54) is 4.90 Å². The third-order valence-corrected chi connectivity index (χ3v) is 3.16. The SMILES string of the molecule is FC(F)(F)CN(CCCl)CCc1cccs1. The van der Waals surface area contributed by atoms with Gasteiger partial charge in [0.1, 0.15) is 0 Å². The first-order valence-electron chi connectivity index (χ1n) is 4.89. The van der Waals surface area contributed by atoms with Crippen LogP contribution in [0.5, 0.6) is 0 Å². The smallest absolute Gasteiger partial charge is 0.293 e. The lowest BCUT2D eigenvalue weighted by molar-refractivity contribution is -0.145. The molecule has 0 amide bonds. The fourth-order valence-electron chi connectivity index (χ4n) is 1.37. The molecule has 0 bridgehead atoms. The van der Waals surface area contributed by atoms with Crippen LogP contribution in [-0.4, -0.2) is 36.6 Å². The van der Waals surface area contributed by atoms with E-state index in [1.807, 2.05) is 17.5 Å². The van der Waals surface area contributed by atoms with E-state index in [0.717, 1.165) is 4.88 Å². The average Bonchev–Trinajstić information content (AvgIpc) is 2.64. The molecule has 1 aromatic heterocycles. The third-order valence-electron chi connectivity index (χ3n) is 2.06. The second-order valence-electron chi connectivity index (χ2n) is 3.41. The summed E-state index contributed by atoms with van der Waals surface area (Å²) in [7, 11) is 0. The molecule has 0 unspecified atom stereocenters. The first-order valence-corrected chi connectivity index (χ1v) is 6.30. The molecule has 1 nitrogen and oxygen atoms in total. The molecular formula is C10H13ClF3NS. The van der Waals surface area contributed by atoms with Crippen LogP contribution >= 0.6 is 22.9 Å². The zero-order valence-corrected chi connectivity index (χ0v) is 10.2. The molecule has 0 saturated carbocycles. The van der Waals surface area contributed by atoms with Crippen LogP contribution in [0.3, 0.4) is 0 Å². The van der Waals surface area contributed by atoms with Crippen LogP contribution in [0, 0.1) is 0 Å². The van der Waals surface area contributed by atoms with Gasteiger partial charge < -0.3 is 0 Å². The van der Waals surface area contributed by atoms with Crippen molar-refractivity contribution in [1.29, 1.82) is 0 Å². The van der Waals surface area contributed by atoms with Crippen molar-refractivity contribution in [2.24, 2.45) is 0 Å². The van der Waals surface area contributed by atoms with Crippen molar-refractivity contribution in [1.82, 2.24) is 4.90 Å². The van der Waals surface area contributed by atoms with Crippen LogP contribution in [0.1, 0.15) is 4.88 Å². The van der Waals surface area contributed by atoms with Gasteiger partial charge in [0.25, 0.3) is 0 Å². The molecule has 0 radical (unpaired) electrons. The van der Waals surface area contributed by atoms with Gasteiger partial charge in [-0.1, -0.05) is 6.07 Å². The van der Waals surface area contributed by atoms with E-state index in [-0.39, 0.29) is 12.4 Å². The van der Waals surface area contributed by atoms with Gasteiger partial charge in [-0.25, -0.2) is 0 Å². The lowest BCUT2D eigenvalue weighted by atomic mass is 10.3. The summed E-state index contributed by atoms with van der Waals surface area (Å²) in [5.41, 5.74) is 0. The first-order chi connectivity index (χ1) is 7.51. The summed E-state index contributed by atoms with van der Waals surface area (Å²) in [4.78, 5) is 2.44. The molecule has 1 aromatic rings. The molecule has 0 atom stereocenters. The number of hydrogen-bond acceptors (Lipinski definition) is 2. The number of alkyl halides is 4. The van der Waals surface area contributed by atoms with Crippen molar-refractivity contribution in [3.05, 3.63) is 22.4 Å². The highest BCUT2D eigenvalue weighted by Gasteiger charge is 2.30. The number of rotatable bonds is 6. The number of thiophene rings is 1. The zero-order chi connectivity index (χ0) is 12.0. The Balaban J connectivity index is 2.39. The second-order valence-corrected chi connectivity index (χ2v) is 4.82. The van der Waals surface area contributed by atoms with E-state index in [2.05, 4.69) is 0 Å². The fraction of sp³-hybridized carbons (Fsp3) is 0.600. The maximum atomic E-state index is 12.2. The molecule has 0 aliphatic carbocycles. The second kappa shape index (κ2) is 6.47. The maximum Gasteiger partial charge on any atom is 0.401 e. The highest BCUT2D eigenvalue weighted by Crippen LogP contribution is 2.17. The molecule has 1 heterocycles. The normalized spacial score (nSPS) is 12.3. The van der Waals surface area contributed by atoms with E-state index in [0.29, 0.717) is 13.0 Å². The molecule has 0 aliphatic heterocycles. The van der Waals surface area contributed by atoms with Crippen LogP contribution in [0.2, 0.25) is 0 Å². The van der Waals surface area contributed by atoms with E-state index in [4.69, 9.17) is 11.6 Å². The Labute approximate surface area is 102 Å². The minimum Gasteiger partial charge on any atom is -0.293 e. The van der Waals surface area contributed by atoms with Crippen molar-refractivity contribution in [3.63, 3.8) is 0 Å². The minimum absolute atomic E-state index is 0.223. The van der Waals surface area contributed by atoms with Crippen molar-refractivity contribution in [3.8, 4) is 0 Å². The van der Waals surface area contributed by atoms with Gasteiger partial charge in [0, 0.05) is 23.8 Å². The van der Waals surface area contributed by atoms with Crippen LogP contribution < -0.4 is 0 Å². The van der Waals surface area contributed by atoms with E-state index >= 15 is 0 Å². The highest BCUT2D eigenvalue weighted by molar-refractivity contribution is 7.09. The predicted molar refractivity (Wildman–Crippen MR) is 61.2 cm³/mol. The van der Waals surface area contributed by atoms with Crippen molar-refractivity contribution in [2.75, 3.05) is 25.5 Å². The molecule has 0 aromatic carbocycles. The molecular weight excluding hydrogens is 259 g/mol. The summed E-state index contributed by atoms with van der Waals surface area (Å²) in [6.45, 7) is -0.218. The monoisotopic (exact) mass is 271 g/mol. The molecule has 0 spiro atoms. The van der Waals surface area contributed by atoms with Crippen molar-refractivity contribution >= 4 is 22.9 Å². The summed E-state index contributed by atoms with van der Waals surface area (Å²) in [5, 5.41) is 1.92. The summed E-state index contributed by atoms with van der Waals surface area (Å²) in [6, 6.07) is 3.83. The Hall–Kier alpha value is -0.260. The van der Waals surface area contributed by atoms with Gasteiger partial charge in [0.2, 0.25) is 0 Å². The highest BCUT2D eigenvalue weighted by atomic mass is 35.5. The quantitative estimate of drug-likeness (QED) is 0.717. The van der Waals surface area contributed by atoms with Gasteiger partial charge in [-0.15, -0.1) is 22.9 Å². The van der Waals surface area contributed by atoms with Gasteiger partial charge in [0.15, 0.2) is 0 Å². The Kier molecular flexibility index (Phi) is 5.58. The van der Waals surface area contributed by atoms with Gasteiger partial charge >= 0.3 is 6.18 Å². The average molecular weight is 272 g/mol. The molecule has 0 saturated heterocycles. The van der Waals surface area contributed by atoms with Crippen molar-refractivity contribution in [2.45, 2.75) is 12.6 Å². The van der Waals surface area contributed by atoms with Crippen LogP contribution in [0.15, 0.2) is 17.5 Å². The van der Waals surface area contributed by atoms with Crippen LogP contribution in [-0.2, 0) is 6.42 Å². The number of halogens is 4. The van der Waals surface area contributed by atoms with Gasteiger partial charge in [-0.2, -0.15) is 13.2 Å². The maximum absolute atomic E-state index is 12.2. The molecule has 92 valence electrons. The molecule has 0 aliphatic rings. The molecule has 0 fully saturated rings. The molecule has 6 heteroatoms. The first kappa shape index (κ1) is 13.8. The fourth-order valence-corrected chi connectivity index (χ4v) is 2.30. The minimum atomic E-state index is -4.15. The summed E-state index contributed by atoms with van der Waals surface area (Å²) in [5.74, 6) is 0.223. The van der Waals surface area contributed by atoms with E-state index < -0.39 is 12.7 Å². The molecule has 1 rings (SSSR count). The van der Waals surface area contributed by atoms with E-state index in [1.54, 1.807) is 11.3 Å². The number of hydrogen-bond donors (Lipinski definition) is 0. The van der Waals surface area contributed by atoms with E-state index in [9.17, 15) is 13.2 Å². The van der Waals surface area contributed by atoms with Gasteiger partial charge in [-0.05, 0) is 17.9 Å². The summed E-state index contributed by atoms with van der Waals surface area (Å²) >= 11 is 7.04. The Morgan fingerprint density at radius 3 is 2.56 bits per heavy atom. The Morgan fingerprint density at radius 1 is 1.31 bits per heavy atom. The van der Waals surface area contributed by atoms with Gasteiger partial charge in [0.05, 0.1) is 6.54 Å². The molecule has 16 heavy (non-hydrogen) atoms. The van der Waals surface area contributed by atoms with Gasteiger partial charge in [-0.3, -0.25) is 4.90 Å². The van der Waals surface area contributed by atoms with Crippen LogP contribution in [0.25, 0.3) is 0 Å². The lowest BCUT2D eigenvalue weighted by Gasteiger charge is -2.22. The standard InChI is InChI=1S/C10H13ClF3NS/c11-4-6-15(8-10(12,13)14)5-3-9-2-1-7-16-9/h1-2,7H,3-6,8H2. The zero-order valence-electron chi connectivity index (χ0n) is 8.63. The third kappa shape index (κ3) is 5.72. The largest absolute Gasteiger partial charge is 0.401 e. The molecule has 0 N–H and O–H groups in total. The Bertz CT molecular complexity index is 287. The van der Waals surface area contributed by atoms with Crippen molar-refractivity contribution < 1.29 is 13.2 Å². The van der Waals surface area contributed by atoms with Crippen LogP contribution in [0.4, 0.5) is 13.2 Å². The number of nitrogens with zero attached hydrogens (tertiary/aromatic N) is 1.